The predicted molar refractivity (Wildman–Crippen MR) is 166 cm³/mol. The van der Waals surface area contributed by atoms with E-state index < -0.39 is 5.83 Å². The van der Waals surface area contributed by atoms with E-state index >= 15 is 4.39 Å². The van der Waals surface area contributed by atoms with Gasteiger partial charge < -0.3 is 10.6 Å². The lowest BCUT2D eigenvalue weighted by Gasteiger charge is -2.15. The Morgan fingerprint density at radius 1 is 1.12 bits per heavy atom. The van der Waals surface area contributed by atoms with Gasteiger partial charge in [0.05, 0.1) is 33.8 Å². The second-order valence-corrected chi connectivity index (χ2v) is 9.47. The Bertz CT molecular complexity index is 1620. The van der Waals surface area contributed by atoms with Crippen LogP contribution in [0, 0.1) is 12.8 Å². The predicted octanol–water partition coefficient (Wildman–Crippen LogP) is 6.47. The van der Waals surface area contributed by atoms with Crippen molar-refractivity contribution < 1.29 is 4.39 Å². The maximum atomic E-state index is 16.2. The van der Waals surface area contributed by atoms with E-state index in [0.717, 1.165) is 22.5 Å². The molecule has 206 valence electrons. The number of hydrogen-bond donors (Lipinski definition) is 3. The molecule has 0 fully saturated rings. The first-order valence-electron chi connectivity index (χ1n) is 13.0. The smallest absolute Gasteiger partial charge is 0.142 e. The summed E-state index contributed by atoms with van der Waals surface area (Å²) in [5, 5.41) is 14.6. The van der Waals surface area contributed by atoms with E-state index in [-0.39, 0.29) is 16.7 Å². The highest BCUT2D eigenvalue weighted by atomic mass is 19.1. The summed E-state index contributed by atoms with van der Waals surface area (Å²) in [6, 6.07) is 5.71. The summed E-state index contributed by atoms with van der Waals surface area (Å²) in [6.45, 7) is 25.8. The molecule has 0 unspecified atom stereocenters. The van der Waals surface area contributed by atoms with Crippen LogP contribution in [0.15, 0.2) is 104 Å². The monoisotopic (exact) mass is 536 g/mol. The van der Waals surface area contributed by atoms with Crippen molar-refractivity contribution in [2.75, 3.05) is 5.32 Å². The summed E-state index contributed by atoms with van der Waals surface area (Å²) in [5.74, 6) is -0.297. The highest BCUT2D eigenvalue weighted by molar-refractivity contribution is 5.80. The Kier molecular flexibility index (Phi) is 9.92. The molecule has 0 bridgehead atoms. The van der Waals surface area contributed by atoms with Crippen molar-refractivity contribution in [1.29, 1.82) is 0 Å². The number of H-pyrrole nitrogens is 1. The van der Waals surface area contributed by atoms with Crippen LogP contribution in [0.1, 0.15) is 39.0 Å². The van der Waals surface area contributed by atoms with Gasteiger partial charge in [0.15, 0.2) is 0 Å². The highest BCUT2D eigenvalue weighted by Crippen LogP contribution is 2.28. The summed E-state index contributed by atoms with van der Waals surface area (Å²) >= 11 is 0. The number of hydrogen-bond acceptors (Lipinski definition) is 5. The third kappa shape index (κ3) is 6.61. The van der Waals surface area contributed by atoms with Gasteiger partial charge >= 0.3 is 0 Å². The van der Waals surface area contributed by atoms with E-state index in [4.69, 9.17) is 0 Å². The molecule has 0 aliphatic carbocycles. The van der Waals surface area contributed by atoms with Crippen LogP contribution in [0.2, 0.25) is 0 Å². The van der Waals surface area contributed by atoms with Gasteiger partial charge in [0.1, 0.15) is 11.5 Å². The molecule has 0 aromatic carbocycles. The zero-order chi connectivity index (χ0) is 29.4. The molecule has 0 saturated carbocycles. The number of allylic oxidation sites excluding steroid dienone is 6. The van der Waals surface area contributed by atoms with Crippen molar-refractivity contribution in [2.24, 2.45) is 5.92 Å². The molecule has 0 radical (unpaired) electrons. The molecule has 3 aromatic heterocycles. The molecule has 0 amide bonds. The molecule has 0 spiro atoms. The van der Waals surface area contributed by atoms with Gasteiger partial charge in [-0.1, -0.05) is 58.4 Å². The maximum absolute atomic E-state index is 16.2. The Morgan fingerprint density at radius 3 is 2.48 bits per heavy atom. The van der Waals surface area contributed by atoms with Gasteiger partial charge in [-0.3, -0.25) is 15.1 Å². The van der Waals surface area contributed by atoms with Crippen LogP contribution in [-0.2, 0) is 0 Å². The van der Waals surface area contributed by atoms with E-state index in [1.165, 1.54) is 0 Å². The fourth-order valence-electron chi connectivity index (χ4n) is 3.92. The third-order valence-corrected chi connectivity index (χ3v) is 6.49. The van der Waals surface area contributed by atoms with E-state index in [2.05, 4.69) is 57.1 Å². The third-order valence-electron chi connectivity index (χ3n) is 6.49. The van der Waals surface area contributed by atoms with Crippen molar-refractivity contribution >= 4 is 23.3 Å². The second-order valence-electron chi connectivity index (χ2n) is 9.47. The largest absolute Gasteiger partial charge is 0.359 e. The van der Waals surface area contributed by atoms with Crippen molar-refractivity contribution in [3.05, 3.63) is 126 Å². The lowest BCUT2D eigenvalue weighted by atomic mass is 10.0. The Balaban J connectivity index is 2.02. The van der Waals surface area contributed by atoms with Gasteiger partial charge in [0, 0.05) is 34.9 Å². The number of halogens is 1. The van der Waals surface area contributed by atoms with Gasteiger partial charge in [0.25, 0.3) is 0 Å². The first kappa shape index (κ1) is 29.8. The van der Waals surface area contributed by atoms with Crippen molar-refractivity contribution in [1.82, 2.24) is 25.5 Å². The van der Waals surface area contributed by atoms with Crippen LogP contribution in [0.5, 0.6) is 0 Å². The van der Waals surface area contributed by atoms with Gasteiger partial charge in [-0.25, -0.2) is 4.39 Å². The topological polar surface area (TPSA) is 78.5 Å². The van der Waals surface area contributed by atoms with Crippen LogP contribution >= 0.6 is 0 Å². The minimum Gasteiger partial charge on any atom is -0.359 e. The molecule has 0 aliphatic heterocycles. The molecule has 3 N–H and O–H groups in total. The van der Waals surface area contributed by atoms with Gasteiger partial charge in [-0.15, -0.1) is 0 Å². The van der Waals surface area contributed by atoms with Crippen LogP contribution in [0.3, 0.4) is 0 Å². The Hall–Kier alpha value is -4.78. The zero-order valence-electron chi connectivity index (χ0n) is 23.9. The number of aromatic nitrogens is 4. The average Bonchev–Trinajstić information content (AvgIpc) is 3.40. The van der Waals surface area contributed by atoms with E-state index in [1.54, 1.807) is 42.9 Å². The number of nitrogens with zero attached hydrogens (tertiary/aromatic N) is 3. The second kappa shape index (κ2) is 13.3. The van der Waals surface area contributed by atoms with Crippen LogP contribution in [0.4, 0.5) is 10.1 Å². The highest BCUT2D eigenvalue weighted by Gasteiger charge is 2.17. The van der Waals surface area contributed by atoms with Crippen LogP contribution in [0.25, 0.3) is 28.9 Å². The van der Waals surface area contributed by atoms with Gasteiger partial charge in [-0.05, 0) is 62.1 Å². The molecule has 3 heterocycles. The molecule has 3 aromatic rings. The number of aromatic amines is 1. The van der Waals surface area contributed by atoms with E-state index in [0.29, 0.717) is 33.7 Å². The normalized spacial score (nSPS) is 13.2. The van der Waals surface area contributed by atoms with Gasteiger partial charge in [0.2, 0.25) is 0 Å². The molecule has 3 rings (SSSR count). The van der Waals surface area contributed by atoms with Crippen molar-refractivity contribution in [2.45, 2.75) is 34.6 Å². The van der Waals surface area contributed by atoms with Crippen LogP contribution in [-0.4, -0.2) is 20.2 Å². The zero-order valence-corrected chi connectivity index (χ0v) is 23.9. The van der Waals surface area contributed by atoms with E-state index in [9.17, 15) is 0 Å². The lowest BCUT2D eigenvalue weighted by Crippen LogP contribution is -2.28. The summed E-state index contributed by atoms with van der Waals surface area (Å²) in [6.07, 6.45) is 12.2. The average molecular weight is 537 g/mol. The molecule has 0 aliphatic rings. The Morgan fingerprint density at radius 2 is 1.88 bits per heavy atom. The number of pyridine rings is 2. The minimum absolute atomic E-state index is 0.201. The molecular weight excluding hydrogens is 499 g/mol. The maximum Gasteiger partial charge on any atom is 0.142 e. The molecule has 40 heavy (non-hydrogen) atoms. The molecule has 6 nitrogen and oxygen atoms in total. The van der Waals surface area contributed by atoms with Crippen molar-refractivity contribution in [3.8, 4) is 11.3 Å². The summed E-state index contributed by atoms with van der Waals surface area (Å²) in [7, 11) is 0. The first-order valence-corrected chi connectivity index (χ1v) is 13.0. The quantitative estimate of drug-likeness (QED) is 0.245. The van der Waals surface area contributed by atoms with E-state index in [1.807, 2.05) is 52.8 Å². The standard InChI is InChI=1S/C33H37FN6/c1-10-25(17-26(11-2)37-23(8)20(4)5)21(6)32(34)31-28(12-3)39-40-33(31)24(9)38-30-19-35-18-27(22(30)7)29-15-13-14-16-36-29/h10-20,37-39H,2,6,8-9H2,1,3-5,7H3/b25-10+,26-17+,28-12+,32-31-. The number of nitrogens with one attached hydrogen (secondary N) is 3. The van der Waals surface area contributed by atoms with Crippen LogP contribution < -0.4 is 21.2 Å². The Labute approximate surface area is 235 Å². The fraction of sp³-hybridized carbons (Fsp3) is 0.182. The summed E-state index contributed by atoms with van der Waals surface area (Å²) < 4.78 is 16.2. The van der Waals surface area contributed by atoms with Crippen molar-refractivity contribution in [3.63, 3.8) is 0 Å². The molecule has 7 heteroatoms. The molecule has 0 atom stereocenters. The first-order chi connectivity index (χ1) is 19.1. The fourth-order valence-corrected chi connectivity index (χ4v) is 3.92. The summed E-state index contributed by atoms with van der Waals surface area (Å²) in [4.78, 5) is 8.81. The molecular formula is C33H37FN6. The number of anilines is 1. The lowest BCUT2D eigenvalue weighted by molar-refractivity contribution is 0.709. The molecule has 0 saturated heterocycles. The SMILES string of the molecule is C=C/C(=C\C(=C/C)C(=C)/C(F)=c1/c(C(=C)Nc2cncc(-c3ccccn3)c2C)n[nH]/c1=C/C)NC(=C)C(C)C. The minimum atomic E-state index is -0.521. The number of rotatable bonds is 11. The van der Waals surface area contributed by atoms with Gasteiger partial charge in [-0.2, -0.15) is 5.10 Å². The summed E-state index contributed by atoms with van der Waals surface area (Å²) in [5.41, 5.74) is 6.38.